The van der Waals surface area contributed by atoms with E-state index >= 15 is 0 Å². The van der Waals surface area contributed by atoms with Crippen molar-refractivity contribution in [2.45, 2.75) is 25.9 Å². The maximum Gasteiger partial charge on any atom is 0.230 e. The van der Waals surface area contributed by atoms with Gasteiger partial charge in [-0.3, -0.25) is 24.0 Å². The monoisotopic (exact) mass is 441 g/mol. The van der Waals surface area contributed by atoms with Gasteiger partial charge in [0.1, 0.15) is 0 Å². The van der Waals surface area contributed by atoms with Gasteiger partial charge in [0.2, 0.25) is 5.91 Å². The summed E-state index contributed by atoms with van der Waals surface area (Å²) < 4.78 is 9.25. The van der Waals surface area contributed by atoms with Crippen LogP contribution >= 0.6 is 0 Å². The first-order valence-electron chi connectivity index (χ1n) is 11.8. The predicted molar refractivity (Wildman–Crippen MR) is 120 cm³/mol. The summed E-state index contributed by atoms with van der Waals surface area (Å²) in [5.41, 5.74) is 2.15. The smallest absolute Gasteiger partial charge is 0.230 e. The number of amides is 1. The summed E-state index contributed by atoms with van der Waals surface area (Å²) in [6, 6.07) is 0. The Bertz CT molecular complexity index is 934. The van der Waals surface area contributed by atoms with Gasteiger partial charge >= 0.3 is 0 Å². The van der Waals surface area contributed by atoms with Crippen LogP contribution in [0.3, 0.4) is 0 Å². The number of hydrogen-bond acceptors (Lipinski definition) is 6. The van der Waals surface area contributed by atoms with Crippen molar-refractivity contribution in [1.82, 2.24) is 34.3 Å². The molecule has 0 bridgehead atoms. The van der Waals surface area contributed by atoms with Crippen LogP contribution in [0.15, 0.2) is 24.8 Å². The van der Waals surface area contributed by atoms with E-state index in [4.69, 9.17) is 4.74 Å². The third-order valence-electron chi connectivity index (χ3n) is 7.39. The van der Waals surface area contributed by atoms with Gasteiger partial charge in [0.15, 0.2) is 0 Å². The van der Waals surface area contributed by atoms with Crippen LogP contribution in [0.5, 0.6) is 0 Å². The van der Waals surface area contributed by atoms with Gasteiger partial charge in [-0.05, 0) is 25.3 Å². The molecule has 0 unspecified atom stereocenters. The molecule has 0 aliphatic carbocycles. The Labute approximate surface area is 189 Å². The van der Waals surface area contributed by atoms with Crippen LogP contribution in [0.1, 0.15) is 24.0 Å². The van der Waals surface area contributed by atoms with Gasteiger partial charge in [0.25, 0.3) is 0 Å². The molecule has 3 fully saturated rings. The Kier molecular flexibility index (Phi) is 6.05. The Hall–Kier alpha value is -2.23. The van der Waals surface area contributed by atoms with Gasteiger partial charge in [-0.25, -0.2) is 0 Å². The lowest BCUT2D eigenvalue weighted by atomic mass is 9.73. The third kappa shape index (κ3) is 4.33. The van der Waals surface area contributed by atoms with Gasteiger partial charge in [-0.15, -0.1) is 0 Å². The molecule has 9 nitrogen and oxygen atoms in total. The predicted octanol–water partition coefficient (Wildman–Crippen LogP) is 0.727. The fourth-order valence-electron chi connectivity index (χ4n) is 5.93. The van der Waals surface area contributed by atoms with Gasteiger partial charge in [-0.1, -0.05) is 0 Å². The average molecular weight is 442 g/mol. The van der Waals surface area contributed by atoms with Gasteiger partial charge in [0.05, 0.1) is 31.0 Å². The molecule has 3 saturated heterocycles. The summed E-state index contributed by atoms with van der Waals surface area (Å²) in [5.74, 6) is 0.677. The number of carbonyl (C=O) groups is 1. The van der Waals surface area contributed by atoms with E-state index in [2.05, 4.69) is 37.3 Å². The number of ether oxygens (including phenoxy) is 1. The van der Waals surface area contributed by atoms with Crippen molar-refractivity contribution in [2.24, 2.45) is 25.4 Å². The number of aromatic nitrogens is 4. The van der Waals surface area contributed by atoms with E-state index in [1.54, 1.807) is 0 Å². The highest BCUT2D eigenvalue weighted by atomic mass is 16.5. The summed E-state index contributed by atoms with van der Waals surface area (Å²) in [5, 5.41) is 8.67. The molecule has 0 N–H and O–H groups in total. The minimum absolute atomic E-state index is 0.302. The molecule has 2 aromatic rings. The zero-order valence-electron chi connectivity index (χ0n) is 19.3. The highest BCUT2D eigenvalue weighted by molar-refractivity contribution is 5.84. The molecular weight excluding hydrogens is 406 g/mol. The zero-order chi connectivity index (χ0) is 22.1. The number of rotatable bonds is 5. The molecule has 174 valence electrons. The largest absolute Gasteiger partial charge is 0.378 e. The van der Waals surface area contributed by atoms with Gasteiger partial charge in [-0.2, -0.15) is 10.2 Å². The zero-order valence-corrected chi connectivity index (χ0v) is 19.3. The molecule has 9 heteroatoms. The summed E-state index contributed by atoms with van der Waals surface area (Å²) in [6.07, 6.45) is 10.1. The van der Waals surface area contributed by atoms with Crippen LogP contribution < -0.4 is 0 Å². The normalized spacial score (nSPS) is 27.4. The van der Waals surface area contributed by atoms with Crippen LogP contribution in [0, 0.1) is 11.3 Å². The molecule has 2 atom stereocenters. The van der Waals surface area contributed by atoms with Crippen molar-refractivity contribution in [3.05, 3.63) is 35.9 Å². The highest BCUT2D eigenvalue weighted by Crippen LogP contribution is 2.45. The first-order valence-corrected chi connectivity index (χ1v) is 11.8. The standard InChI is InChI=1S/C23H35N7O2/c1-26-12-19(10-24-26)14-28-5-3-4-23(22(31)30-6-8-32-9-7-30)18-29(17-21(23)16-28)15-20-11-25-27(2)13-20/h10-13,21H,3-9,14-18H2,1-2H3/t21-,23-/m0/s1. The average Bonchev–Trinajstić information content (AvgIpc) is 3.45. The highest BCUT2D eigenvalue weighted by Gasteiger charge is 2.54. The molecule has 3 aliphatic rings. The molecule has 5 rings (SSSR count). The van der Waals surface area contributed by atoms with E-state index < -0.39 is 0 Å². The van der Waals surface area contributed by atoms with Crippen molar-refractivity contribution in [3.63, 3.8) is 0 Å². The quantitative estimate of drug-likeness (QED) is 0.681. The van der Waals surface area contributed by atoms with Crippen molar-refractivity contribution in [2.75, 3.05) is 52.5 Å². The molecule has 2 aromatic heterocycles. The topological polar surface area (TPSA) is 71.7 Å². The van der Waals surface area contributed by atoms with E-state index in [0.29, 0.717) is 25.0 Å². The van der Waals surface area contributed by atoms with Gasteiger partial charge < -0.3 is 9.64 Å². The molecule has 32 heavy (non-hydrogen) atoms. The molecule has 0 radical (unpaired) electrons. The van der Waals surface area contributed by atoms with Crippen molar-refractivity contribution < 1.29 is 9.53 Å². The molecule has 1 amide bonds. The lowest BCUT2D eigenvalue weighted by molar-refractivity contribution is -0.148. The SMILES string of the molecule is Cn1cc(CN2CCC[C@]3(C(=O)N4CCOCC4)CN(Cc4cnn(C)c4)C[C@@H]3C2)cn1. The van der Waals surface area contributed by atoms with Crippen LogP contribution in [-0.2, 0) is 36.7 Å². The number of hydrogen-bond donors (Lipinski definition) is 0. The lowest BCUT2D eigenvalue weighted by Gasteiger charge is -2.39. The first-order chi connectivity index (χ1) is 15.5. The minimum atomic E-state index is -0.302. The Morgan fingerprint density at radius 2 is 1.62 bits per heavy atom. The molecule has 0 aromatic carbocycles. The second-order valence-corrected chi connectivity index (χ2v) is 9.81. The summed E-state index contributed by atoms with van der Waals surface area (Å²) >= 11 is 0. The Morgan fingerprint density at radius 3 is 2.25 bits per heavy atom. The number of aryl methyl sites for hydroxylation is 2. The molecule has 3 aliphatic heterocycles. The molecular formula is C23H35N7O2. The minimum Gasteiger partial charge on any atom is -0.378 e. The molecule has 0 spiro atoms. The van der Waals surface area contributed by atoms with Crippen LogP contribution in [0.4, 0.5) is 0 Å². The number of nitrogens with zero attached hydrogens (tertiary/aromatic N) is 7. The maximum atomic E-state index is 14.0. The third-order valence-corrected chi connectivity index (χ3v) is 7.39. The fourth-order valence-corrected chi connectivity index (χ4v) is 5.93. The number of fused-ring (bicyclic) bond motifs is 1. The van der Waals surface area contributed by atoms with Crippen molar-refractivity contribution in [3.8, 4) is 0 Å². The number of likely N-dealkylation sites (tertiary alicyclic amines) is 2. The van der Waals surface area contributed by atoms with Crippen LogP contribution in [0.25, 0.3) is 0 Å². The molecule has 0 saturated carbocycles. The van der Waals surface area contributed by atoms with Crippen molar-refractivity contribution in [1.29, 1.82) is 0 Å². The van der Waals surface area contributed by atoms with Crippen LogP contribution in [0.2, 0.25) is 0 Å². The maximum absolute atomic E-state index is 14.0. The number of morpholine rings is 1. The summed E-state index contributed by atoms with van der Waals surface area (Å²) in [7, 11) is 3.92. The summed E-state index contributed by atoms with van der Waals surface area (Å²) in [4.78, 5) is 21.1. The van der Waals surface area contributed by atoms with E-state index in [1.165, 1.54) is 11.1 Å². The van der Waals surface area contributed by atoms with E-state index in [9.17, 15) is 4.79 Å². The van der Waals surface area contributed by atoms with E-state index in [-0.39, 0.29) is 5.41 Å². The second-order valence-electron chi connectivity index (χ2n) is 9.81. The van der Waals surface area contributed by atoms with E-state index in [0.717, 1.165) is 65.2 Å². The Morgan fingerprint density at radius 1 is 1.00 bits per heavy atom. The second kappa shape index (κ2) is 8.96. The number of carbonyl (C=O) groups excluding carboxylic acids is 1. The van der Waals surface area contributed by atoms with Crippen LogP contribution in [-0.4, -0.2) is 92.7 Å². The molecule has 5 heterocycles. The Balaban J connectivity index is 1.37. The lowest BCUT2D eigenvalue weighted by Crippen LogP contribution is -2.52. The van der Waals surface area contributed by atoms with E-state index in [1.807, 2.05) is 35.9 Å². The van der Waals surface area contributed by atoms with Gasteiger partial charge in [0, 0.05) is 83.4 Å². The first kappa shape index (κ1) is 21.6. The fraction of sp³-hybridized carbons (Fsp3) is 0.696. The van der Waals surface area contributed by atoms with Crippen molar-refractivity contribution >= 4 is 5.91 Å². The summed E-state index contributed by atoms with van der Waals surface area (Å²) in [6.45, 7) is 8.27.